The van der Waals surface area contributed by atoms with Crippen molar-refractivity contribution in [1.82, 2.24) is 4.90 Å². The molecule has 0 aliphatic carbocycles. The number of carbonyl (C=O) groups is 2. The highest BCUT2D eigenvalue weighted by molar-refractivity contribution is 6.05. The van der Waals surface area contributed by atoms with Crippen molar-refractivity contribution in [3.63, 3.8) is 0 Å². The number of anilines is 1. The number of benzene rings is 3. The third kappa shape index (κ3) is 4.06. The molecule has 0 radical (unpaired) electrons. The predicted molar refractivity (Wildman–Crippen MR) is 115 cm³/mol. The first-order valence-electron chi connectivity index (χ1n) is 9.86. The first-order valence-corrected chi connectivity index (χ1v) is 9.86. The van der Waals surface area contributed by atoms with Crippen LogP contribution in [0.25, 0.3) is 0 Å². The number of nitrogens with one attached hydrogen (secondary N) is 1. The molecule has 1 aliphatic heterocycles. The number of aryl methyl sites for hydroxylation is 2. The van der Waals surface area contributed by atoms with E-state index in [0.29, 0.717) is 24.2 Å². The quantitative estimate of drug-likeness (QED) is 0.708. The van der Waals surface area contributed by atoms with E-state index >= 15 is 0 Å². The molecule has 0 atom stereocenters. The maximum atomic E-state index is 12.9. The molecule has 0 unspecified atom stereocenters. The van der Waals surface area contributed by atoms with Gasteiger partial charge in [0.2, 0.25) is 0 Å². The summed E-state index contributed by atoms with van der Waals surface area (Å²) in [7, 11) is 0. The molecule has 3 aromatic carbocycles. The smallest absolute Gasteiger partial charge is 0.255 e. The minimum atomic E-state index is -0.178. The maximum Gasteiger partial charge on any atom is 0.255 e. The number of nitrogens with zero attached hydrogens (tertiary/aromatic N) is 1. The van der Waals surface area contributed by atoms with Gasteiger partial charge in [0, 0.05) is 29.9 Å². The van der Waals surface area contributed by atoms with Crippen LogP contribution in [0.1, 0.15) is 43.0 Å². The molecule has 1 heterocycles. The Morgan fingerprint density at radius 2 is 1.55 bits per heavy atom. The van der Waals surface area contributed by atoms with Crippen molar-refractivity contribution in [2.24, 2.45) is 0 Å². The topological polar surface area (TPSA) is 49.4 Å². The summed E-state index contributed by atoms with van der Waals surface area (Å²) in [4.78, 5) is 27.3. The van der Waals surface area contributed by atoms with E-state index in [2.05, 4.69) is 17.4 Å². The van der Waals surface area contributed by atoms with Gasteiger partial charge >= 0.3 is 0 Å². The molecule has 0 bridgehead atoms. The summed E-state index contributed by atoms with van der Waals surface area (Å²) in [6.45, 7) is 5.34. The average molecular weight is 384 g/mol. The lowest BCUT2D eigenvalue weighted by Gasteiger charge is -2.29. The second-order valence-corrected chi connectivity index (χ2v) is 7.60. The fraction of sp³-hybridized carbons (Fsp3) is 0.200. The van der Waals surface area contributed by atoms with Crippen LogP contribution in [0.5, 0.6) is 0 Å². The number of amides is 2. The van der Waals surface area contributed by atoms with Crippen molar-refractivity contribution >= 4 is 17.5 Å². The van der Waals surface area contributed by atoms with Gasteiger partial charge in [-0.25, -0.2) is 0 Å². The van der Waals surface area contributed by atoms with Crippen LogP contribution < -0.4 is 5.32 Å². The molecule has 1 aliphatic rings. The molecule has 0 saturated carbocycles. The van der Waals surface area contributed by atoms with Crippen LogP contribution in [0.4, 0.5) is 5.69 Å². The van der Waals surface area contributed by atoms with Gasteiger partial charge < -0.3 is 10.2 Å². The summed E-state index contributed by atoms with van der Waals surface area (Å²) in [5.74, 6) is -0.177. The van der Waals surface area contributed by atoms with Gasteiger partial charge in [-0.05, 0) is 67.3 Å². The molecule has 4 rings (SSSR count). The minimum Gasteiger partial charge on any atom is -0.334 e. The maximum absolute atomic E-state index is 12.9. The molecule has 0 spiro atoms. The lowest BCUT2D eigenvalue weighted by Crippen LogP contribution is -2.35. The van der Waals surface area contributed by atoms with E-state index in [-0.39, 0.29) is 11.8 Å². The summed E-state index contributed by atoms with van der Waals surface area (Å²) in [6.07, 6.45) is 0.873. The second-order valence-electron chi connectivity index (χ2n) is 7.60. The fourth-order valence-electron chi connectivity index (χ4n) is 3.76. The van der Waals surface area contributed by atoms with Crippen molar-refractivity contribution in [2.75, 3.05) is 11.9 Å². The number of carbonyl (C=O) groups excluding carboxylic acids is 2. The minimum absolute atomic E-state index is 0.000778. The van der Waals surface area contributed by atoms with Crippen molar-refractivity contribution in [3.8, 4) is 0 Å². The Balaban J connectivity index is 1.45. The number of fused-ring (bicyclic) bond motifs is 1. The summed E-state index contributed by atoms with van der Waals surface area (Å²) >= 11 is 0. The highest BCUT2D eigenvalue weighted by atomic mass is 16.2. The molecule has 29 heavy (non-hydrogen) atoms. The van der Waals surface area contributed by atoms with E-state index in [4.69, 9.17) is 0 Å². The SMILES string of the molecule is Cc1ccc(NC(=O)c2ccc(C(=O)N3CCc4ccccc4C3)cc2)c(C)c1. The van der Waals surface area contributed by atoms with Crippen LogP contribution in [0, 0.1) is 13.8 Å². The van der Waals surface area contributed by atoms with Crippen LogP contribution in [-0.4, -0.2) is 23.3 Å². The predicted octanol–water partition coefficient (Wildman–Crippen LogP) is 4.75. The molecule has 4 heteroatoms. The van der Waals surface area contributed by atoms with Gasteiger partial charge in [-0.15, -0.1) is 0 Å². The zero-order chi connectivity index (χ0) is 20.4. The Hall–Kier alpha value is -3.40. The Morgan fingerprint density at radius 3 is 2.28 bits per heavy atom. The highest BCUT2D eigenvalue weighted by Gasteiger charge is 2.21. The largest absolute Gasteiger partial charge is 0.334 e. The number of hydrogen-bond donors (Lipinski definition) is 1. The summed E-state index contributed by atoms with van der Waals surface area (Å²) < 4.78 is 0. The number of hydrogen-bond acceptors (Lipinski definition) is 2. The van der Waals surface area contributed by atoms with Crippen molar-refractivity contribution < 1.29 is 9.59 Å². The van der Waals surface area contributed by atoms with Gasteiger partial charge in [0.25, 0.3) is 11.8 Å². The van der Waals surface area contributed by atoms with Gasteiger partial charge in [-0.1, -0.05) is 42.0 Å². The van der Waals surface area contributed by atoms with Crippen LogP contribution in [-0.2, 0) is 13.0 Å². The average Bonchev–Trinajstić information content (AvgIpc) is 2.75. The molecule has 2 amide bonds. The van der Waals surface area contributed by atoms with Crippen LogP contribution in [0.3, 0.4) is 0 Å². The van der Waals surface area contributed by atoms with Crippen molar-refractivity contribution in [1.29, 1.82) is 0 Å². The fourth-order valence-corrected chi connectivity index (χ4v) is 3.76. The van der Waals surface area contributed by atoms with Gasteiger partial charge in [0.05, 0.1) is 0 Å². The van der Waals surface area contributed by atoms with E-state index in [1.54, 1.807) is 24.3 Å². The Kier molecular flexibility index (Phi) is 5.17. The highest BCUT2D eigenvalue weighted by Crippen LogP contribution is 2.21. The summed E-state index contributed by atoms with van der Waals surface area (Å²) in [5.41, 5.74) is 6.64. The zero-order valence-corrected chi connectivity index (χ0v) is 16.7. The number of rotatable bonds is 3. The Bertz CT molecular complexity index is 1070. The third-order valence-corrected chi connectivity index (χ3v) is 5.44. The molecule has 4 nitrogen and oxygen atoms in total. The van der Waals surface area contributed by atoms with Gasteiger partial charge in [0.1, 0.15) is 0 Å². The zero-order valence-electron chi connectivity index (χ0n) is 16.7. The third-order valence-electron chi connectivity index (χ3n) is 5.44. The monoisotopic (exact) mass is 384 g/mol. The van der Waals surface area contributed by atoms with E-state index in [1.807, 2.05) is 49.1 Å². The van der Waals surface area contributed by atoms with Crippen molar-refractivity contribution in [2.45, 2.75) is 26.8 Å². The van der Waals surface area contributed by atoms with Crippen LogP contribution >= 0.6 is 0 Å². The van der Waals surface area contributed by atoms with Gasteiger partial charge in [-0.3, -0.25) is 9.59 Å². The Morgan fingerprint density at radius 1 is 0.862 bits per heavy atom. The standard InChI is InChI=1S/C25H24N2O2/c1-17-7-12-23(18(2)15-17)26-24(28)20-8-10-21(11-9-20)25(29)27-14-13-19-5-3-4-6-22(19)16-27/h3-12,15H,13-14,16H2,1-2H3,(H,26,28). The molecule has 146 valence electrons. The lowest BCUT2D eigenvalue weighted by atomic mass is 9.99. The molecular weight excluding hydrogens is 360 g/mol. The van der Waals surface area contributed by atoms with E-state index < -0.39 is 0 Å². The first-order chi connectivity index (χ1) is 14.0. The molecule has 1 N–H and O–H groups in total. The van der Waals surface area contributed by atoms with Gasteiger partial charge in [-0.2, -0.15) is 0 Å². The summed E-state index contributed by atoms with van der Waals surface area (Å²) in [6, 6.07) is 21.1. The lowest BCUT2D eigenvalue weighted by molar-refractivity contribution is 0.0734. The van der Waals surface area contributed by atoms with E-state index in [0.717, 1.165) is 23.2 Å². The molecule has 0 fully saturated rings. The Labute approximate surface area is 171 Å². The summed E-state index contributed by atoms with van der Waals surface area (Å²) in [5, 5.41) is 2.94. The normalized spacial score (nSPS) is 13.0. The van der Waals surface area contributed by atoms with Gasteiger partial charge in [0.15, 0.2) is 0 Å². The van der Waals surface area contributed by atoms with Crippen LogP contribution in [0.2, 0.25) is 0 Å². The molecule has 3 aromatic rings. The van der Waals surface area contributed by atoms with E-state index in [1.165, 1.54) is 11.1 Å². The first kappa shape index (κ1) is 18.9. The molecule has 0 saturated heterocycles. The second kappa shape index (κ2) is 7.92. The molecular formula is C25H24N2O2. The van der Waals surface area contributed by atoms with Crippen molar-refractivity contribution in [3.05, 3.63) is 100 Å². The molecule has 0 aromatic heterocycles. The van der Waals surface area contributed by atoms with E-state index in [9.17, 15) is 9.59 Å². The van der Waals surface area contributed by atoms with Crippen LogP contribution in [0.15, 0.2) is 66.7 Å².